The zero-order chi connectivity index (χ0) is 20.4. The normalized spacial score (nSPS) is 16.1. The van der Waals surface area contributed by atoms with Crippen molar-refractivity contribution in [1.82, 2.24) is 9.47 Å². The number of rotatable bonds is 5. The molecular weight excluding hydrogens is 403 g/mol. The second kappa shape index (κ2) is 8.74. The van der Waals surface area contributed by atoms with Gasteiger partial charge < -0.3 is 4.57 Å². The van der Waals surface area contributed by atoms with Crippen LogP contribution >= 0.6 is 23.2 Å². The van der Waals surface area contributed by atoms with Gasteiger partial charge in [0.1, 0.15) is 0 Å². The molecule has 0 aliphatic carbocycles. The number of aryl methyl sites for hydroxylation is 1. The average Bonchev–Trinajstić information content (AvgIpc) is 3.03. The number of piperidine rings is 1. The van der Waals surface area contributed by atoms with Crippen LogP contribution in [0.5, 0.6) is 0 Å². The number of ketones is 1. The van der Waals surface area contributed by atoms with E-state index < -0.39 is 0 Å². The van der Waals surface area contributed by atoms with Gasteiger partial charge in [-0.05, 0) is 73.8 Å². The number of benzene rings is 2. The van der Waals surface area contributed by atoms with Crippen LogP contribution in [0.2, 0.25) is 10.0 Å². The number of aromatic nitrogens is 1. The van der Waals surface area contributed by atoms with Crippen LogP contribution in [0.1, 0.15) is 28.8 Å². The number of hydrogen-bond acceptors (Lipinski definition) is 2. The molecule has 0 saturated carbocycles. The van der Waals surface area contributed by atoms with Gasteiger partial charge in [0.05, 0.1) is 0 Å². The molecule has 0 unspecified atom stereocenters. The van der Waals surface area contributed by atoms with Gasteiger partial charge in [-0.1, -0.05) is 41.4 Å². The van der Waals surface area contributed by atoms with E-state index >= 15 is 0 Å². The van der Waals surface area contributed by atoms with Gasteiger partial charge in [-0.2, -0.15) is 0 Å². The molecule has 0 spiro atoms. The van der Waals surface area contributed by atoms with E-state index in [2.05, 4.69) is 17.0 Å². The van der Waals surface area contributed by atoms with Crippen LogP contribution in [0, 0.1) is 5.92 Å². The summed E-state index contributed by atoms with van der Waals surface area (Å²) in [6, 6.07) is 13.7. The molecule has 2 aromatic carbocycles. The highest BCUT2D eigenvalue weighted by atomic mass is 35.5. The summed E-state index contributed by atoms with van der Waals surface area (Å²) < 4.78 is 1.97. The van der Waals surface area contributed by atoms with Crippen molar-refractivity contribution in [3.63, 3.8) is 0 Å². The van der Waals surface area contributed by atoms with E-state index in [1.165, 1.54) is 5.56 Å². The molecule has 0 radical (unpaired) electrons. The van der Waals surface area contributed by atoms with E-state index in [1.54, 1.807) is 6.08 Å². The van der Waals surface area contributed by atoms with E-state index in [0.29, 0.717) is 16.5 Å². The van der Waals surface area contributed by atoms with E-state index in [-0.39, 0.29) is 5.78 Å². The van der Waals surface area contributed by atoms with Crippen molar-refractivity contribution in [3.05, 3.63) is 82.0 Å². The maximum atomic E-state index is 12.8. The second-order valence-corrected chi connectivity index (χ2v) is 8.65. The third-order valence-corrected chi connectivity index (χ3v) is 6.13. The van der Waals surface area contributed by atoms with Crippen LogP contribution in [0.4, 0.5) is 0 Å². The van der Waals surface area contributed by atoms with E-state index in [1.807, 2.05) is 54.2 Å². The molecule has 1 aromatic heterocycles. The Balaban J connectivity index is 1.37. The minimum absolute atomic E-state index is 0.0409. The molecule has 29 heavy (non-hydrogen) atoms. The lowest BCUT2D eigenvalue weighted by atomic mass is 9.95. The van der Waals surface area contributed by atoms with Gasteiger partial charge in [-0.15, -0.1) is 0 Å². The highest BCUT2D eigenvalue weighted by Gasteiger charge is 2.18. The first-order chi connectivity index (χ1) is 14.0. The second-order valence-electron chi connectivity index (χ2n) is 7.78. The van der Waals surface area contributed by atoms with Crippen LogP contribution in [0.3, 0.4) is 0 Å². The molecule has 0 amide bonds. The van der Waals surface area contributed by atoms with Crippen molar-refractivity contribution in [1.29, 1.82) is 0 Å². The van der Waals surface area contributed by atoms with Crippen molar-refractivity contribution in [2.45, 2.75) is 19.4 Å². The van der Waals surface area contributed by atoms with E-state index in [9.17, 15) is 4.79 Å². The van der Waals surface area contributed by atoms with Crippen LogP contribution in [0.25, 0.3) is 10.9 Å². The fourth-order valence-corrected chi connectivity index (χ4v) is 4.46. The summed E-state index contributed by atoms with van der Waals surface area (Å²) in [4.78, 5) is 15.2. The van der Waals surface area contributed by atoms with Crippen LogP contribution in [-0.4, -0.2) is 28.3 Å². The molecule has 2 heterocycles. The lowest BCUT2D eigenvalue weighted by Gasteiger charge is -2.30. The van der Waals surface area contributed by atoms with Gasteiger partial charge in [0.2, 0.25) is 0 Å². The number of likely N-dealkylation sites (tertiary alicyclic amines) is 1. The first-order valence-corrected chi connectivity index (χ1v) is 10.7. The minimum Gasteiger partial charge on any atom is -0.350 e. The van der Waals surface area contributed by atoms with Gasteiger partial charge in [-0.25, -0.2) is 0 Å². The Morgan fingerprint density at radius 1 is 1.10 bits per heavy atom. The molecule has 3 nitrogen and oxygen atoms in total. The van der Waals surface area contributed by atoms with Crippen molar-refractivity contribution in [2.75, 3.05) is 13.1 Å². The van der Waals surface area contributed by atoms with Gasteiger partial charge >= 0.3 is 0 Å². The third-order valence-electron chi connectivity index (χ3n) is 5.66. The van der Waals surface area contributed by atoms with Crippen LogP contribution in [0.15, 0.2) is 60.8 Å². The predicted octanol–water partition coefficient (Wildman–Crippen LogP) is 6.14. The highest BCUT2D eigenvalue weighted by Crippen LogP contribution is 2.26. The molecule has 1 aliphatic rings. The maximum absolute atomic E-state index is 12.8. The molecule has 0 bridgehead atoms. The maximum Gasteiger partial charge on any atom is 0.187 e. The smallest absolute Gasteiger partial charge is 0.187 e. The molecule has 0 atom stereocenters. The Kier molecular flexibility index (Phi) is 6.09. The molecular formula is C24H24Cl2N2O. The lowest BCUT2D eigenvalue weighted by molar-refractivity contribution is 0.104. The summed E-state index contributed by atoms with van der Waals surface area (Å²) in [5.41, 5.74) is 2.97. The number of allylic oxidation sites excluding steroid dienone is 2. The monoisotopic (exact) mass is 426 g/mol. The Labute approximate surface area is 181 Å². The van der Waals surface area contributed by atoms with Gasteiger partial charge in [0.15, 0.2) is 5.78 Å². The zero-order valence-corrected chi connectivity index (χ0v) is 18.0. The Morgan fingerprint density at radius 3 is 2.62 bits per heavy atom. The number of halogens is 2. The summed E-state index contributed by atoms with van der Waals surface area (Å²) in [5, 5.41) is 2.34. The largest absolute Gasteiger partial charge is 0.350 e. The lowest BCUT2D eigenvalue weighted by Crippen LogP contribution is -2.32. The number of fused-ring (bicyclic) bond motifs is 1. The molecule has 4 rings (SSSR count). The number of carbonyl (C=O) groups is 1. The standard InChI is InChI=1S/C24H24Cl2N2O/c1-27-16-22(21-14-20(26)6-7-23(21)27)24(29)8-5-17-9-11-28(12-10-17)15-18-3-2-4-19(25)13-18/h2-8,13-14,16-17H,9-12,15H2,1H3. The number of carbonyl (C=O) groups excluding carboxylic acids is 1. The fraction of sp³-hybridized carbons (Fsp3) is 0.292. The molecule has 150 valence electrons. The highest BCUT2D eigenvalue weighted by molar-refractivity contribution is 6.31. The predicted molar refractivity (Wildman–Crippen MR) is 121 cm³/mol. The molecule has 5 heteroatoms. The van der Waals surface area contributed by atoms with Crippen molar-refractivity contribution in [2.24, 2.45) is 13.0 Å². The first-order valence-electron chi connectivity index (χ1n) is 9.93. The quantitative estimate of drug-likeness (QED) is 0.361. The van der Waals surface area contributed by atoms with Gasteiger partial charge in [0, 0.05) is 46.3 Å². The van der Waals surface area contributed by atoms with Crippen LogP contribution in [-0.2, 0) is 13.6 Å². The van der Waals surface area contributed by atoms with Crippen molar-refractivity contribution >= 4 is 39.9 Å². The Morgan fingerprint density at radius 2 is 1.86 bits per heavy atom. The third kappa shape index (κ3) is 4.75. The van der Waals surface area contributed by atoms with E-state index in [0.717, 1.165) is 48.4 Å². The fourth-order valence-electron chi connectivity index (χ4n) is 4.07. The molecule has 3 aromatic rings. The molecule has 1 aliphatic heterocycles. The van der Waals surface area contributed by atoms with Crippen LogP contribution < -0.4 is 0 Å². The number of hydrogen-bond donors (Lipinski definition) is 0. The topological polar surface area (TPSA) is 25.2 Å². The summed E-state index contributed by atoms with van der Waals surface area (Å²) in [6.45, 7) is 2.98. The van der Waals surface area contributed by atoms with E-state index in [4.69, 9.17) is 23.2 Å². The summed E-state index contributed by atoms with van der Waals surface area (Å²) in [7, 11) is 1.95. The Bertz CT molecular complexity index is 1060. The minimum atomic E-state index is 0.0409. The first kappa shape index (κ1) is 20.2. The Hall–Kier alpha value is -2.07. The summed E-state index contributed by atoms with van der Waals surface area (Å²) in [6.07, 6.45) is 7.84. The SMILES string of the molecule is Cn1cc(C(=O)C=CC2CCN(Cc3cccc(Cl)c3)CC2)c2cc(Cl)ccc21. The molecule has 0 N–H and O–H groups in total. The number of nitrogens with zero attached hydrogens (tertiary/aromatic N) is 2. The zero-order valence-electron chi connectivity index (χ0n) is 16.4. The summed E-state index contributed by atoms with van der Waals surface area (Å²) >= 11 is 12.2. The average molecular weight is 427 g/mol. The summed E-state index contributed by atoms with van der Waals surface area (Å²) in [5.74, 6) is 0.479. The molecule has 1 fully saturated rings. The van der Waals surface area contributed by atoms with Crippen molar-refractivity contribution < 1.29 is 4.79 Å². The molecule has 1 saturated heterocycles. The van der Waals surface area contributed by atoms with Gasteiger partial charge in [0.25, 0.3) is 0 Å². The van der Waals surface area contributed by atoms with Gasteiger partial charge in [-0.3, -0.25) is 9.69 Å². The van der Waals surface area contributed by atoms with Crippen molar-refractivity contribution in [3.8, 4) is 0 Å².